The van der Waals surface area contributed by atoms with Gasteiger partial charge < -0.3 is 14.6 Å². The summed E-state index contributed by atoms with van der Waals surface area (Å²) in [6.07, 6.45) is 0. The van der Waals surface area contributed by atoms with Crippen molar-refractivity contribution in [1.29, 1.82) is 0 Å². The van der Waals surface area contributed by atoms with Gasteiger partial charge in [-0.3, -0.25) is 4.79 Å². The van der Waals surface area contributed by atoms with Gasteiger partial charge in [-0.05, 0) is 55.5 Å². The first-order valence-corrected chi connectivity index (χ1v) is 7.99. The molecule has 2 aromatic carbocycles. The molecular weight excluding hydrogens is 342 g/mol. The number of amides is 1. The van der Waals surface area contributed by atoms with Crippen LogP contribution in [0.4, 0.5) is 0 Å². The standard InChI is InChI=1S/C18H16ClN3O3/c1-11(20-17(23)13-3-7-14(19)8-4-13)18-21-16(22-25-18)12-5-9-15(24-2)10-6-12/h3-11H,1-2H3,(H,20,23)/t11-/m0/s1. The van der Waals surface area contributed by atoms with Crippen molar-refractivity contribution in [3.8, 4) is 17.1 Å². The van der Waals surface area contributed by atoms with Crippen molar-refractivity contribution in [1.82, 2.24) is 15.5 Å². The Hall–Kier alpha value is -2.86. The first-order valence-electron chi connectivity index (χ1n) is 7.61. The molecule has 128 valence electrons. The smallest absolute Gasteiger partial charge is 0.251 e. The Labute approximate surface area is 149 Å². The number of nitrogens with one attached hydrogen (secondary N) is 1. The third kappa shape index (κ3) is 3.97. The third-order valence-electron chi connectivity index (χ3n) is 3.61. The summed E-state index contributed by atoms with van der Waals surface area (Å²) in [5, 5.41) is 7.35. The summed E-state index contributed by atoms with van der Waals surface area (Å²) in [7, 11) is 1.60. The number of carbonyl (C=O) groups is 1. The molecule has 1 heterocycles. The molecule has 1 N–H and O–H groups in total. The van der Waals surface area contributed by atoms with E-state index in [-0.39, 0.29) is 5.91 Å². The number of nitrogens with zero attached hydrogens (tertiary/aromatic N) is 2. The fourth-order valence-corrected chi connectivity index (χ4v) is 2.34. The predicted molar refractivity (Wildman–Crippen MR) is 93.6 cm³/mol. The average molecular weight is 358 g/mol. The van der Waals surface area contributed by atoms with Gasteiger partial charge in [0.15, 0.2) is 0 Å². The molecular formula is C18H16ClN3O3. The summed E-state index contributed by atoms with van der Waals surface area (Å²) in [4.78, 5) is 16.6. The minimum atomic E-state index is -0.428. The van der Waals surface area contributed by atoms with E-state index in [2.05, 4.69) is 15.5 Å². The van der Waals surface area contributed by atoms with Gasteiger partial charge in [0, 0.05) is 16.1 Å². The maximum Gasteiger partial charge on any atom is 0.251 e. The molecule has 0 saturated heterocycles. The van der Waals surface area contributed by atoms with Crippen molar-refractivity contribution in [3.63, 3.8) is 0 Å². The van der Waals surface area contributed by atoms with Gasteiger partial charge in [0.1, 0.15) is 11.8 Å². The lowest BCUT2D eigenvalue weighted by molar-refractivity contribution is 0.0932. The number of rotatable bonds is 5. The zero-order chi connectivity index (χ0) is 17.8. The maximum absolute atomic E-state index is 12.2. The van der Waals surface area contributed by atoms with E-state index in [1.54, 1.807) is 38.3 Å². The van der Waals surface area contributed by atoms with Gasteiger partial charge in [0.2, 0.25) is 11.7 Å². The average Bonchev–Trinajstić information content (AvgIpc) is 3.12. The molecule has 0 aliphatic heterocycles. The Morgan fingerprint density at radius 3 is 2.48 bits per heavy atom. The van der Waals surface area contributed by atoms with Crippen LogP contribution in [-0.2, 0) is 0 Å². The molecule has 1 aromatic heterocycles. The van der Waals surface area contributed by atoms with Crippen LogP contribution in [0.2, 0.25) is 5.02 Å². The minimum absolute atomic E-state index is 0.242. The first-order chi connectivity index (χ1) is 12.1. The Morgan fingerprint density at radius 1 is 1.16 bits per heavy atom. The van der Waals surface area contributed by atoms with Crippen LogP contribution in [-0.4, -0.2) is 23.2 Å². The van der Waals surface area contributed by atoms with E-state index in [4.69, 9.17) is 20.9 Å². The Bertz CT molecular complexity index is 860. The fraction of sp³-hybridized carbons (Fsp3) is 0.167. The van der Waals surface area contributed by atoms with Crippen LogP contribution in [0.25, 0.3) is 11.4 Å². The lowest BCUT2D eigenvalue weighted by atomic mass is 10.2. The Morgan fingerprint density at radius 2 is 1.84 bits per heavy atom. The third-order valence-corrected chi connectivity index (χ3v) is 3.87. The summed E-state index contributed by atoms with van der Waals surface area (Å²) in [5.74, 6) is 1.28. The quantitative estimate of drug-likeness (QED) is 0.749. The predicted octanol–water partition coefficient (Wildman–Crippen LogP) is 3.89. The minimum Gasteiger partial charge on any atom is -0.497 e. The van der Waals surface area contributed by atoms with E-state index in [0.29, 0.717) is 22.3 Å². The molecule has 0 unspecified atom stereocenters. The monoisotopic (exact) mass is 357 g/mol. The van der Waals surface area contributed by atoms with E-state index in [0.717, 1.165) is 11.3 Å². The highest BCUT2D eigenvalue weighted by Crippen LogP contribution is 2.21. The van der Waals surface area contributed by atoms with Crippen LogP contribution in [0.3, 0.4) is 0 Å². The molecule has 0 aliphatic rings. The highest BCUT2D eigenvalue weighted by Gasteiger charge is 2.18. The number of ether oxygens (including phenoxy) is 1. The van der Waals surface area contributed by atoms with Gasteiger partial charge in [-0.25, -0.2) is 0 Å². The van der Waals surface area contributed by atoms with Crippen molar-refractivity contribution < 1.29 is 14.1 Å². The summed E-state index contributed by atoms with van der Waals surface area (Å²) in [6.45, 7) is 1.78. The Balaban J connectivity index is 1.70. The summed E-state index contributed by atoms with van der Waals surface area (Å²) in [5.41, 5.74) is 1.30. The fourth-order valence-electron chi connectivity index (χ4n) is 2.21. The molecule has 1 atom stereocenters. The second kappa shape index (κ2) is 7.36. The lowest BCUT2D eigenvalue weighted by Crippen LogP contribution is -2.26. The van der Waals surface area contributed by atoms with E-state index in [1.807, 2.05) is 24.3 Å². The molecule has 6 nitrogen and oxygen atoms in total. The van der Waals surface area contributed by atoms with Crippen molar-refractivity contribution in [2.24, 2.45) is 0 Å². The molecule has 0 spiro atoms. The van der Waals surface area contributed by atoms with Gasteiger partial charge in [-0.2, -0.15) is 4.98 Å². The normalized spacial score (nSPS) is 11.8. The van der Waals surface area contributed by atoms with Gasteiger partial charge in [-0.15, -0.1) is 0 Å². The molecule has 25 heavy (non-hydrogen) atoms. The molecule has 0 radical (unpaired) electrons. The lowest BCUT2D eigenvalue weighted by Gasteiger charge is -2.09. The second-order valence-corrected chi connectivity index (χ2v) is 5.82. The summed E-state index contributed by atoms with van der Waals surface area (Å²) < 4.78 is 10.4. The number of methoxy groups -OCH3 is 1. The van der Waals surface area contributed by atoms with Crippen LogP contribution in [0, 0.1) is 0 Å². The van der Waals surface area contributed by atoms with Crippen molar-refractivity contribution in [3.05, 3.63) is 65.0 Å². The Kier molecular flexibility index (Phi) is 5.00. The zero-order valence-corrected chi connectivity index (χ0v) is 14.4. The van der Waals surface area contributed by atoms with Crippen LogP contribution in [0.15, 0.2) is 53.1 Å². The van der Waals surface area contributed by atoms with Gasteiger partial charge >= 0.3 is 0 Å². The molecule has 3 rings (SSSR count). The molecule has 0 aliphatic carbocycles. The maximum atomic E-state index is 12.2. The van der Waals surface area contributed by atoms with Crippen molar-refractivity contribution in [2.45, 2.75) is 13.0 Å². The molecule has 0 saturated carbocycles. The molecule has 1 amide bonds. The van der Waals surface area contributed by atoms with Crippen LogP contribution in [0.5, 0.6) is 5.75 Å². The first kappa shape index (κ1) is 17.0. The molecule has 0 fully saturated rings. The number of benzene rings is 2. The van der Waals surface area contributed by atoms with Crippen molar-refractivity contribution >= 4 is 17.5 Å². The van der Waals surface area contributed by atoms with Crippen molar-refractivity contribution in [2.75, 3.05) is 7.11 Å². The van der Waals surface area contributed by atoms with Crippen LogP contribution >= 0.6 is 11.6 Å². The highest BCUT2D eigenvalue weighted by molar-refractivity contribution is 6.30. The topological polar surface area (TPSA) is 77.3 Å². The van der Waals surface area contributed by atoms with E-state index < -0.39 is 6.04 Å². The van der Waals surface area contributed by atoms with E-state index in [9.17, 15) is 4.79 Å². The summed E-state index contributed by atoms with van der Waals surface area (Å²) in [6, 6.07) is 13.5. The largest absolute Gasteiger partial charge is 0.497 e. The SMILES string of the molecule is COc1ccc(-c2noc([C@H](C)NC(=O)c3ccc(Cl)cc3)n2)cc1. The van der Waals surface area contributed by atoms with E-state index >= 15 is 0 Å². The van der Waals surface area contributed by atoms with Gasteiger partial charge in [0.05, 0.1) is 7.11 Å². The molecule has 7 heteroatoms. The van der Waals surface area contributed by atoms with E-state index in [1.165, 1.54) is 0 Å². The number of hydrogen-bond donors (Lipinski definition) is 1. The summed E-state index contributed by atoms with van der Waals surface area (Å²) >= 11 is 5.83. The van der Waals surface area contributed by atoms with Gasteiger partial charge in [0.25, 0.3) is 5.91 Å². The second-order valence-electron chi connectivity index (χ2n) is 5.39. The number of halogens is 1. The van der Waals surface area contributed by atoms with Gasteiger partial charge in [-0.1, -0.05) is 16.8 Å². The number of hydrogen-bond acceptors (Lipinski definition) is 5. The van der Waals surface area contributed by atoms with Crippen LogP contribution in [0.1, 0.15) is 29.2 Å². The number of aromatic nitrogens is 2. The zero-order valence-electron chi connectivity index (χ0n) is 13.7. The number of carbonyl (C=O) groups excluding carboxylic acids is 1. The molecule has 0 bridgehead atoms. The molecule has 3 aromatic rings. The highest BCUT2D eigenvalue weighted by atomic mass is 35.5. The van der Waals surface area contributed by atoms with Crippen LogP contribution < -0.4 is 10.1 Å².